The van der Waals surface area contributed by atoms with Gasteiger partial charge in [0.15, 0.2) is 0 Å². The zero-order valence-electron chi connectivity index (χ0n) is 18.9. The molecular formula is C26H24N4O3S. The third-order valence-electron chi connectivity index (χ3n) is 5.80. The Morgan fingerprint density at radius 3 is 2.24 bits per heavy atom. The Labute approximate surface area is 199 Å². The Kier molecular flexibility index (Phi) is 5.67. The van der Waals surface area contributed by atoms with E-state index in [1.165, 1.54) is 10.7 Å². The highest BCUT2D eigenvalue weighted by atomic mass is 32.2. The first-order valence-corrected chi connectivity index (χ1v) is 12.7. The van der Waals surface area contributed by atoms with Crippen molar-refractivity contribution in [1.82, 2.24) is 14.2 Å². The summed E-state index contributed by atoms with van der Waals surface area (Å²) in [6.45, 7) is 0. The number of ether oxygens (including phenoxy) is 1. The number of aromatic nitrogens is 2. The largest absolute Gasteiger partial charge is 0.496 e. The van der Waals surface area contributed by atoms with Crippen molar-refractivity contribution in [2.45, 2.75) is 12.5 Å². The molecule has 8 heteroatoms. The minimum atomic E-state index is -3.63. The van der Waals surface area contributed by atoms with Gasteiger partial charge in [-0.3, -0.25) is 0 Å². The fourth-order valence-electron chi connectivity index (χ4n) is 4.22. The molecule has 4 aromatic rings. The molecule has 0 fully saturated rings. The molecule has 0 N–H and O–H groups in total. The molecule has 7 nitrogen and oxygen atoms in total. The number of benzene rings is 3. The van der Waals surface area contributed by atoms with Crippen molar-refractivity contribution in [1.29, 1.82) is 0 Å². The van der Waals surface area contributed by atoms with Crippen LogP contribution in [0.15, 0.2) is 96.2 Å². The van der Waals surface area contributed by atoms with E-state index in [0.717, 1.165) is 28.1 Å². The lowest BCUT2D eigenvalue weighted by Crippen LogP contribution is -2.26. The van der Waals surface area contributed by atoms with Crippen LogP contribution in [0.5, 0.6) is 5.75 Å². The van der Waals surface area contributed by atoms with E-state index in [4.69, 9.17) is 9.84 Å². The van der Waals surface area contributed by atoms with Crippen LogP contribution in [-0.2, 0) is 10.0 Å². The fourth-order valence-corrected chi connectivity index (χ4v) is 5.12. The second-order valence-electron chi connectivity index (χ2n) is 8.08. The molecule has 0 amide bonds. The number of hydrazone groups is 1. The number of nitrogens with zero attached hydrogens (tertiary/aromatic N) is 4. The third-order valence-corrected chi connectivity index (χ3v) is 6.82. The van der Waals surface area contributed by atoms with Crippen molar-refractivity contribution in [3.63, 3.8) is 0 Å². The Bertz CT molecular complexity index is 1450. The van der Waals surface area contributed by atoms with Gasteiger partial charge in [-0.25, -0.2) is 13.1 Å². The van der Waals surface area contributed by atoms with Crippen molar-refractivity contribution >= 4 is 15.7 Å². The van der Waals surface area contributed by atoms with E-state index in [2.05, 4.69) is 5.10 Å². The van der Waals surface area contributed by atoms with Crippen LogP contribution in [0.25, 0.3) is 16.9 Å². The zero-order chi connectivity index (χ0) is 23.7. The van der Waals surface area contributed by atoms with Crippen LogP contribution in [-0.4, -0.2) is 41.7 Å². The molecule has 0 radical (unpaired) electrons. The van der Waals surface area contributed by atoms with Crippen LogP contribution in [0, 0.1) is 0 Å². The maximum atomic E-state index is 12.8. The van der Waals surface area contributed by atoms with E-state index < -0.39 is 16.1 Å². The van der Waals surface area contributed by atoms with Crippen molar-refractivity contribution in [3.05, 3.63) is 102 Å². The van der Waals surface area contributed by atoms with Crippen LogP contribution in [0.4, 0.5) is 0 Å². The van der Waals surface area contributed by atoms with Gasteiger partial charge < -0.3 is 4.74 Å². The van der Waals surface area contributed by atoms with Gasteiger partial charge in [-0.1, -0.05) is 60.7 Å². The summed E-state index contributed by atoms with van der Waals surface area (Å²) in [4.78, 5) is 0. The second-order valence-corrected chi connectivity index (χ2v) is 9.92. The molecule has 1 aliphatic heterocycles. The van der Waals surface area contributed by atoms with Gasteiger partial charge in [0.25, 0.3) is 0 Å². The molecule has 5 rings (SSSR count). The fraction of sp³-hybridized carbons (Fsp3) is 0.154. The lowest BCUT2D eigenvalue weighted by molar-refractivity contribution is 0.375. The highest BCUT2D eigenvalue weighted by Crippen LogP contribution is 2.41. The summed E-state index contributed by atoms with van der Waals surface area (Å²) in [5.74, 6) is 0.662. The first-order chi connectivity index (χ1) is 16.5. The van der Waals surface area contributed by atoms with Gasteiger partial charge in [0.1, 0.15) is 11.4 Å². The van der Waals surface area contributed by atoms with Crippen LogP contribution < -0.4 is 4.74 Å². The molecule has 0 saturated carbocycles. The van der Waals surface area contributed by atoms with E-state index in [1.54, 1.807) is 11.8 Å². The van der Waals surface area contributed by atoms with Crippen LogP contribution in [0.3, 0.4) is 0 Å². The highest BCUT2D eigenvalue weighted by Gasteiger charge is 2.37. The standard InChI is InChI=1S/C26H24N4O3S/c1-33-25-16-10-9-15-21(25)26-22(18-29(28-26)20-13-7-4-8-14-20)24-17-23(19-11-5-3-6-12-19)27-30(24)34(2,31)32/h3-16,18,24H,17H2,1-2H3. The number of hydrogen-bond acceptors (Lipinski definition) is 5. The minimum absolute atomic E-state index is 0.430. The number of rotatable bonds is 6. The second kappa shape index (κ2) is 8.79. The van der Waals surface area contributed by atoms with Crippen molar-refractivity contribution in [2.24, 2.45) is 5.10 Å². The summed E-state index contributed by atoms with van der Waals surface area (Å²) in [6, 6.07) is 26.4. The van der Waals surface area contributed by atoms with Crippen LogP contribution in [0.2, 0.25) is 0 Å². The molecule has 3 aromatic carbocycles. The molecule has 0 saturated heterocycles. The smallest absolute Gasteiger partial charge is 0.247 e. The average Bonchev–Trinajstić information content (AvgIpc) is 3.50. The lowest BCUT2D eigenvalue weighted by Gasteiger charge is -2.21. The predicted molar refractivity (Wildman–Crippen MR) is 133 cm³/mol. The monoisotopic (exact) mass is 472 g/mol. The molecule has 1 atom stereocenters. The van der Waals surface area contributed by atoms with E-state index in [9.17, 15) is 8.42 Å². The number of methoxy groups -OCH3 is 1. The van der Waals surface area contributed by atoms with Gasteiger partial charge >= 0.3 is 0 Å². The summed E-state index contributed by atoms with van der Waals surface area (Å²) in [7, 11) is -2.02. The van der Waals surface area contributed by atoms with E-state index in [0.29, 0.717) is 17.9 Å². The minimum Gasteiger partial charge on any atom is -0.496 e. The topological polar surface area (TPSA) is 76.8 Å². The van der Waals surface area contributed by atoms with E-state index in [-0.39, 0.29) is 0 Å². The van der Waals surface area contributed by atoms with Crippen molar-refractivity contribution < 1.29 is 13.2 Å². The Morgan fingerprint density at radius 2 is 1.56 bits per heavy atom. The Morgan fingerprint density at radius 1 is 0.912 bits per heavy atom. The summed E-state index contributed by atoms with van der Waals surface area (Å²) >= 11 is 0. The highest BCUT2D eigenvalue weighted by molar-refractivity contribution is 7.88. The number of hydrogen-bond donors (Lipinski definition) is 0. The lowest BCUT2D eigenvalue weighted by atomic mass is 9.97. The molecule has 1 unspecified atom stereocenters. The van der Waals surface area contributed by atoms with Crippen LogP contribution in [0.1, 0.15) is 23.6 Å². The van der Waals surface area contributed by atoms with E-state index in [1.807, 2.05) is 91.1 Å². The summed E-state index contributed by atoms with van der Waals surface area (Å²) in [5.41, 5.74) is 4.69. The summed E-state index contributed by atoms with van der Waals surface area (Å²) in [5, 5.41) is 9.42. The predicted octanol–water partition coefficient (Wildman–Crippen LogP) is 4.66. The van der Waals surface area contributed by atoms with Gasteiger partial charge in [0.2, 0.25) is 10.0 Å². The van der Waals surface area contributed by atoms with Gasteiger partial charge in [-0.05, 0) is 29.8 Å². The molecule has 0 aliphatic carbocycles. The molecule has 2 heterocycles. The van der Waals surface area contributed by atoms with Crippen LogP contribution >= 0.6 is 0 Å². The normalized spacial score (nSPS) is 15.9. The zero-order valence-corrected chi connectivity index (χ0v) is 19.7. The van der Waals surface area contributed by atoms with Gasteiger partial charge in [0.05, 0.1) is 30.8 Å². The molecular weight excluding hydrogens is 448 g/mol. The summed E-state index contributed by atoms with van der Waals surface area (Å²) < 4.78 is 34.2. The van der Waals surface area contributed by atoms with E-state index >= 15 is 0 Å². The van der Waals surface area contributed by atoms with Gasteiger partial charge in [-0.2, -0.15) is 14.6 Å². The van der Waals surface area contributed by atoms with Crippen molar-refractivity contribution in [3.8, 4) is 22.7 Å². The molecule has 0 bridgehead atoms. The maximum absolute atomic E-state index is 12.8. The molecule has 0 spiro atoms. The molecule has 34 heavy (non-hydrogen) atoms. The first-order valence-electron chi connectivity index (χ1n) is 10.9. The average molecular weight is 473 g/mol. The first kappa shape index (κ1) is 21.9. The number of sulfonamides is 1. The van der Waals surface area contributed by atoms with Gasteiger partial charge in [0, 0.05) is 23.7 Å². The maximum Gasteiger partial charge on any atom is 0.247 e. The molecule has 1 aromatic heterocycles. The van der Waals surface area contributed by atoms with Gasteiger partial charge in [-0.15, -0.1) is 0 Å². The third kappa shape index (κ3) is 4.08. The van der Waals surface area contributed by atoms with Crippen molar-refractivity contribution in [2.75, 3.05) is 13.4 Å². The summed E-state index contributed by atoms with van der Waals surface area (Å²) in [6.07, 6.45) is 3.50. The molecule has 1 aliphatic rings. The Hall–Kier alpha value is -3.91. The molecule has 172 valence electrons. The Balaban J connectivity index is 1.68. The SMILES string of the molecule is COc1ccccc1-c1nn(-c2ccccc2)cc1C1CC(c2ccccc2)=NN1S(C)(=O)=O. The number of para-hydroxylation sites is 2. The quantitative estimate of drug-likeness (QED) is 0.409.